The molecule has 0 aliphatic carbocycles. The van der Waals surface area contributed by atoms with Gasteiger partial charge < -0.3 is 14.7 Å². The molecule has 1 saturated heterocycles. The molecule has 7 heteroatoms. The third-order valence-electron chi connectivity index (χ3n) is 4.96. The number of rotatable bonds is 5. The Labute approximate surface area is 162 Å². The zero-order chi connectivity index (χ0) is 19.4. The minimum atomic E-state index is -0.976. The van der Waals surface area contributed by atoms with E-state index >= 15 is 0 Å². The number of amides is 1. The minimum absolute atomic E-state index is 0.0493. The molecule has 1 N–H and O–H groups in total. The number of carbonyl (C=O) groups excluding carboxylic acids is 1. The molecule has 1 aliphatic rings. The fourth-order valence-electron chi connectivity index (χ4n) is 3.30. The number of hydrogen-bond donors (Lipinski definition) is 1. The molecular formula is C20H25FN2O3S. The first-order valence-corrected chi connectivity index (χ1v) is 10.0. The van der Waals surface area contributed by atoms with Crippen molar-refractivity contribution in [2.24, 2.45) is 0 Å². The molecule has 2 aromatic rings. The Morgan fingerprint density at radius 3 is 2.78 bits per heavy atom. The molecule has 1 aliphatic heterocycles. The maximum atomic E-state index is 12.9. The Morgan fingerprint density at radius 1 is 1.33 bits per heavy atom. The van der Waals surface area contributed by atoms with Gasteiger partial charge in [0.1, 0.15) is 22.2 Å². The van der Waals surface area contributed by atoms with Crippen molar-refractivity contribution >= 4 is 17.2 Å². The van der Waals surface area contributed by atoms with Gasteiger partial charge in [-0.25, -0.2) is 9.37 Å². The maximum absolute atomic E-state index is 12.9. The zero-order valence-corrected chi connectivity index (χ0v) is 16.5. The Kier molecular flexibility index (Phi) is 6.11. The van der Waals surface area contributed by atoms with Crippen LogP contribution in [0.2, 0.25) is 0 Å². The zero-order valence-electron chi connectivity index (χ0n) is 15.7. The number of benzene rings is 1. The van der Waals surface area contributed by atoms with Crippen molar-refractivity contribution in [3.05, 3.63) is 45.7 Å². The Morgan fingerprint density at radius 2 is 2.07 bits per heavy atom. The number of aromatic nitrogens is 1. The molecule has 2 heterocycles. The largest absolute Gasteiger partial charge is 0.493 e. The number of hydrogen-bond acceptors (Lipinski definition) is 5. The topological polar surface area (TPSA) is 62.7 Å². The lowest BCUT2D eigenvalue weighted by Crippen LogP contribution is -2.32. The molecule has 146 valence electrons. The van der Waals surface area contributed by atoms with E-state index in [4.69, 9.17) is 4.74 Å². The molecule has 5 nitrogen and oxygen atoms in total. The highest BCUT2D eigenvalue weighted by atomic mass is 32.1. The fourth-order valence-corrected chi connectivity index (χ4v) is 4.49. The molecule has 1 fully saturated rings. The quantitative estimate of drug-likeness (QED) is 0.847. The van der Waals surface area contributed by atoms with Gasteiger partial charge in [-0.15, -0.1) is 11.3 Å². The average molecular weight is 392 g/mol. The van der Waals surface area contributed by atoms with E-state index in [1.165, 1.54) is 23.5 Å². The van der Waals surface area contributed by atoms with Gasteiger partial charge in [0.2, 0.25) is 5.91 Å². The van der Waals surface area contributed by atoms with Crippen LogP contribution in [-0.4, -0.2) is 40.6 Å². The van der Waals surface area contributed by atoms with Gasteiger partial charge in [0.15, 0.2) is 0 Å². The summed E-state index contributed by atoms with van der Waals surface area (Å²) < 4.78 is 18.6. The van der Waals surface area contributed by atoms with E-state index in [9.17, 15) is 14.3 Å². The summed E-state index contributed by atoms with van der Waals surface area (Å²) in [4.78, 5) is 19.1. The van der Waals surface area contributed by atoms with Crippen LogP contribution in [0.3, 0.4) is 0 Å². The lowest BCUT2D eigenvalue weighted by atomic mass is 9.96. The number of thiazole rings is 1. The van der Waals surface area contributed by atoms with E-state index in [1.54, 1.807) is 24.0 Å². The van der Waals surface area contributed by atoms with Crippen molar-refractivity contribution in [2.45, 2.75) is 45.1 Å². The number of likely N-dealkylation sites (tertiary alicyclic amines) is 1. The van der Waals surface area contributed by atoms with Crippen LogP contribution in [0, 0.1) is 12.7 Å². The van der Waals surface area contributed by atoms with Crippen LogP contribution < -0.4 is 4.74 Å². The second kappa shape index (κ2) is 8.35. The van der Waals surface area contributed by atoms with Crippen molar-refractivity contribution < 1.29 is 19.0 Å². The highest BCUT2D eigenvalue weighted by Crippen LogP contribution is 2.36. The molecule has 0 bridgehead atoms. The van der Waals surface area contributed by atoms with E-state index in [1.807, 2.05) is 6.92 Å². The van der Waals surface area contributed by atoms with Crippen LogP contribution >= 0.6 is 11.3 Å². The molecule has 1 amide bonds. The minimum Gasteiger partial charge on any atom is -0.493 e. The number of carbonyl (C=O) groups is 1. The van der Waals surface area contributed by atoms with Crippen LogP contribution in [0.5, 0.6) is 5.75 Å². The summed E-state index contributed by atoms with van der Waals surface area (Å²) >= 11 is 1.52. The monoisotopic (exact) mass is 392 g/mol. The van der Waals surface area contributed by atoms with E-state index < -0.39 is 5.60 Å². The van der Waals surface area contributed by atoms with Gasteiger partial charge in [0.25, 0.3) is 0 Å². The lowest BCUT2D eigenvalue weighted by molar-refractivity contribution is -0.128. The van der Waals surface area contributed by atoms with E-state index in [2.05, 4.69) is 4.98 Å². The number of ether oxygens (including phenoxy) is 1. The van der Waals surface area contributed by atoms with Crippen molar-refractivity contribution in [1.29, 1.82) is 0 Å². The van der Waals surface area contributed by atoms with Gasteiger partial charge >= 0.3 is 0 Å². The average Bonchev–Trinajstić information content (AvgIpc) is 2.88. The van der Waals surface area contributed by atoms with Gasteiger partial charge in [-0.05, 0) is 44.0 Å². The van der Waals surface area contributed by atoms with Crippen molar-refractivity contribution in [2.75, 3.05) is 19.7 Å². The van der Waals surface area contributed by atoms with Gasteiger partial charge in [0.05, 0.1) is 12.3 Å². The summed E-state index contributed by atoms with van der Waals surface area (Å²) in [7, 11) is 0. The fraction of sp³-hybridized carbons (Fsp3) is 0.500. The second-order valence-corrected chi connectivity index (χ2v) is 8.05. The standard InChI is InChI=1S/C20H25FN2O3S/c1-14-18(8-13-26-17-6-4-16(21)5-7-17)27-19(22-14)20(25)9-3-11-23(12-10-20)15(2)24/h4-7,25H,3,8-13H2,1-2H3/t20-/m0/s1. The molecule has 0 saturated carbocycles. The first-order valence-electron chi connectivity index (χ1n) is 9.20. The maximum Gasteiger partial charge on any atom is 0.219 e. The SMILES string of the molecule is CC(=O)N1CCC[C@@](O)(c2nc(C)c(CCOc3ccc(F)cc3)s2)CC1. The summed E-state index contributed by atoms with van der Waals surface area (Å²) in [5.74, 6) is 0.393. The van der Waals surface area contributed by atoms with Crippen LogP contribution in [0.1, 0.15) is 41.8 Å². The van der Waals surface area contributed by atoms with Crippen molar-refractivity contribution in [1.82, 2.24) is 9.88 Å². The summed E-state index contributed by atoms with van der Waals surface area (Å²) in [6, 6.07) is 5.96. The molecule has 1 aromatic heterocycles. The van der Waals surface area contributed by atoms with Crippen LogP contribution in [-0.2, 0) is 16.8 Å². The molecule has 1 aromatic carbocycles. The number of halogens is 1. The Balaban J connectivity index is 1.63. The smallest absolute Gasteiger partial charge is 0.219 e. The summed E-state index contributed by atoms with van der Waals surface area (Å²) in [6.45, 7) is 5.20. The summed E-state index contributed by atoms with van der Waals surface area (Å²) in [5.41, 5.74) is -0.0748. The summed E-state index contributed by atoms with van der Waals surface area (Å²) in [6.07, 6.45) is 2.55. The number of aliphatic hydroxyl groups is 1. The second-order valence-electron chi connectivity index (χ2n) is 6.97. The highest BCUT2D eigenvalue weighted by molar-refractivity contribution is 7.11. The van der Waals surface area contributed by atoms with Crippen molar-refractivity contribution in [3.8, 4) is 5.75 Å². The molecule has 3 rings (SSSR count). The van der Waals surface area contributed by atoms with Crippen LogP contribution in [0.25, 0.3) is 0 Å². The molecule has 1 atom stereocenters. The van der Waals surface area contributed by atoms with E-state index in [0.29, 0.717) is 44.7 Å². The Hall–Kier alpha value is -1.99. The molecule has 0 radical (unpaired) electrons. The van der Waals surface area contributed by atoms with Crippen LogP contribution in [0.4, 0.5) is 4.39 Å². The predicted octanol–water partition coefficient (Wildman–Crippen LogP) is 3.43. The Bertz CT molecular complexity index is 793. The van der Waals surface area contributed by atoms with Crippen molar-refractivity contribution in [3.63, 3.8) is 0 Å². The number of aryl methyl sites for hydroxylation is 1. The third kappa shape index (κ3) is 4.84. The number of nitrogens with zero attached hydrogens (tertiary/aromatic N) is 2. The predicted molar refractivity (Wildman–Crippen MR) is 102 cm³/mol. The van der Waals surface area contributed by atoms with Gasteiger partial charge in [-0.1, -0.05) is 0 Å². The van der Waals surface area contributed by atoms with Gasteiger partial charge in [-0.2, -0.15) is 0 Å². The van der Waals surface area contributed by atoms with E-state index in [-0.39, 0.29) is 11.7 Å². The summed E-state index contributed by atoms with van der Waals surface area (Å²) in [5, 5.41) is 11.9. The molecule has 0 spiro atoms. The lowest BCUT2D eigenvalue weighted by Gasteiger charge is -2.24. The normalized spacial score (nSPS) is 20.4. The third-order valence-corrected chi connectivity index (χ3v) is 6.37. The highest BCUT2D eigenvalue weighted by Gasteiger charge is 2.35. The molecular weight excluding hydrogens is 367 g/mol. The first kappa shape index (κ1) is 19.8. The molecule has 0 unspecified atom stereocenters. The van der Waals surface area contributed by atoms with E-state index in [0.717, 1.165) is 22.0 Å². The van der Waals surface area contributed by atoms with Crippen LogP contribution in [0.15, 0.2) is 24.3 Å². The first-order chi connectivity index (χ1) is 12.9. The van der Waals surface area contributed by atoms with Gasteiger partial charge in [0, 0.05) is 37.7 Å². The molecule has 27 heavy (non-hydrogen) atoms. The van der Waals surface area contributed by atoms with Gasteiger partial charge in [-0.3, -0.25) is 4.79 Å².